The first kappa shape index (κ1) is 21.8. The van der Waals surface area contributed by atoms with Gasteiger partial charge < -0.3 is 29.2 Å². The van der Waals surface area contributed by atoms with Crippen molar-refractivity contribution in [3.8, 4) is 27.8 Å². The van der Waals surface area contributed by atoms with E-state index >= 15 is 0 Å². The first-order valence-electron chi connectivity index (χ1n) is 9.99. The van der Waals surface area contributed by atoms with Crippen LogP contribution >= 0.6 is 11.3 Å². The third kappa shape index (κ3) is 4.61. The quantitative estimate of drug-likeness (QED) is 0.579. The molecule has 3 aromatic rings. The first-order chi connectivity index (χ1) is 15.6. The second-order valence-corrected chi connectivity index (χ2v) is 7.77. The number of carbonyl (C=O) groups excluding carboxylic acids is 1. The molecule has 0 bridgehead atoms. The molecule has 1 fully saturated rings. The van der Waals surface area contributed by atoms with Gasteiger partial charge in [-0.2, -0.15) is 0 Å². The predicted octanol–water partition coefficient (Wildman–Crippen LogP) is 3.32. The summed E-state index contributed by atoms with van der Waals surface area (Å²) in [4.78, 5) is 24.0. The van der Waals surface area contributed by atoms with Gasteiger partial charge in [0, 0.05) is 48.0 Å². The standard InChI is InChI=1S/C22H24N4O5S/c1-28-17-11-15(12-18(29-2)20(17)30-3)24-21(27)16-13-32-22(25-16)14-4-5-23-19(10-14)26-6-8-31-9-7-26/h4-5,10-13H,6-9H2,1-3H3,(H,24,27). The number of aromatic nitrogens is 2. The Morgan fingerprint density at radius 2 is 1.81 bits per heavy atom. The minimum atomic E-state index is -0.329. The number of anilines is 2. The summed E-state index contributed by atoms with van der Waals surface area (Å²) < 4.78 is 21.4. The fourth-order valence-electron chi connectivity index (χ4n) is 3.38. The summed E-state index contributed by atoms with van der Waals surface area (Å²) in [5.74, 6) is 1.91. The van der Waals surface area contributed by atoms with Gasteiger partial charge in [-0.1, -0.05) is 0 Å². The van der Waals surface area contributed by atoms with Crippen LogP contribution in [0.3, 0.4) is 0 Å². The zero-order valence-electron chi connectivity index (χ0n) is 18.1. The zero-order chi connectivity index (χ0) is 22.5. The van der Waals surface area contributed by atoms with E-state index < -0.39 is 0 Å². The summed E-state index contributed by atoms with van der Waals surface area (Å²) >= 11 is 1.41. The minimum Gasteiger partial charge on any atom is -0.493 e. The van der Waals surface area contributed by atoms with Gasteiger partial charge >= 0.3 is 0 Å². The Morgan fingerprint density at radius 1 is 1.09 bits per heavy atom. The second-order valence-electron chi connectivity index (χ2n) is 6.91. The highest BCUT2D eigenvalue weighted by Crippen LogP contribution is 2.40. The number of hydrogen-bond donors (Lipinski definition) is 1. The highest BCUT2D eigenvalue weighted by atomic mass is 32.1. The largest absolute Gasteiger partial charge is 0.493 e. The Kier molecular flexibility index (Phi) is 6.72. The van der Waals surface area contributed by atoms with Crippen LogP contribution in [0.25, 0.3) is 10.6 Å². The molecule has 10 heteroatoms. The topological polar surface area (TPSA) is 95.0 Å². The highest BCUT2D eigenvalue weighted by Gasteiger charge is 2.18. The van der Waals surface area contributed by atoms with Crippen molar-refractivity contribution >= 4 is 28.7 Å². The number of nitrogens with zero attached hydrogens (tertiary/aromatic N) is 3. The number of hydrogen-bond acceptors (Lipinski definition) is 9. The van der Waals surface area contributed by atoms with E-state index in [0.717, 1.165) is 29.5 Å². The second kappa shape index (κ2) is 9.84. The number of benzene rings is 1. The van der Waals surface area contributed by atoms with E-state index in [2.05, 4.69) is 20.2 Å². The summed E-state index contributed by atoms with van der Waals surface area (Å²) in [5, 5.41) is 5.32. The molecule has 1 amide bonds. The number of carbonyl (C=O) groups is 1. The molecule has 32 heavy (non-hydrogen) atoms. The SMILES string of the molecule is COc1cc(NC(=O)c2csc(-c3ccnc(N4CCOCC4)c3)n2)cc(OC)c1OC. The molecule has 0 unspecified atom stereocenters. The number of thiazole rings is 1. The number of morpholine rings is 1. The van der Waals surface area contributed by atoms with Gasteiger partial charge in [-0.25, -0.2) is 9.97 Å². The van der Waals surface area contributed by atoms with Crippen molar-refractivity contribution in [2.24, 2.45) is 0 Å². The van der Waals surface area contributed by atoms with E-state index in [1.54, 1.807) is 23.7 Å². The molecule has 0 radical (unpaired) electrons. The molecule has 0 aliphatic carbocycles. The molecule has 1 aliphatic rings. The van der Waals surface area contributed by atoms with Crippen LogP contribution in [0, 0.1) is 0 Å². The van der Waals surface area contributed by atoms with Crippen molar-refractivity contribution in [3.05, 3.63) is 41.5 Å². The predicted molar refractivity (Wildman–Crippen MR) is 122 cm³/mol. The van der Waals surface area contributed by atoms with E-state index in [0.29, 0.717) is 41.8 Å². The van der Waals surface area contributed by atoms with Gasteiger partial charge in [-0.05, 0) is 12.1 Å². The average molecular weight is 457 g/mol. The number of methoxy groups -OCH3 is 3. The van der Waals surface area contributed by atoms with Gasteiger partial charge in [-0.15, -0.1) is 11.3 Å². The fourth-order valence-corrected chi connectivity index (χ4v) is 4.17. The average Bonchev–Trinajstić information content (AvgIpc) is 3.34. The van der Waals surface area contributed by atoms with Gasteiger partial charge in [0.2, 0.25) is 5.75 Å². The number of amides is 1. The van der Waals surface area contributed by atoms with Crippen molar-refractivity contribution in [2.45, 2.75) is 0 Å². The van der Waals surface area contributed by atoms with E-state index in [1.807, 2.05) is 12.1 Å². The molecule has 9 nitrogen and oxygen atoms in total. The molecule has 3 heterocycles. The molecule has 2 aromatic heterocycles. The summed E-state index contributed by atoms with van der Waals surface area (Å²) in [6.07, 6.45) is 1.76. The van der Waals surface area contributed by atoms with Crippen molar-refractivity contribution < 1.29 is 23.7 Å². The van der Waals surface area contributed by atoms with Crippen LogP contribution in [0.1, 0.15) is 10.5 Å². The van der Waals surface area contributed by atoms with E-state index in [1.165, 1.54) is 32.7 Å². The van der Waals surface area contributed by atoms with E-state index in [4.69, 9.17) is 18.9 Å². The summed E-state index contributed by atoms with van der Waals surface area (Å²) in [6, 6.07) is 7.22. The molecular formula is C22H24N4O5S. The van der Waals surface area contributed by atoms with Crippen LogP contribution in [0.15, 0.2) is 35.8 Å². The van der Waals surface area contributed by atoms with Crippen LogP contribution in [0.4, 0.5) is 11.5 Å². The molecule has 0 atom stereocenters. The van der Waals surface area contributed by atoms with E-state index in [-0.39, 0.29) is 5.91 Å². The third-order valence-corrected chi connectivity index (χ3v) is 5.88. The fraction of sp³-hybridized carbons (Fsp3) is 0.318. The summed E-state index contributed by atoms with van der Waals surface area (Å²) in [7, 11) is 4.57. The summed E-state index contributed by atoms with van der Waals surface area (Å²) in [5.41, 5.74) is 1.75. The van der Waals surface area contributed by atoms with Gasteiger partial charge in [0.15, 0.2) is 11.5 Å². The first-order valence-corrected chi connectivity index (χ1v) is 10.9. The highest BCUT2D eigenvalue weighted by molar-refractivity contribution is 7.13. The van der Waals surface area contributed by atoms with Crippen molar-refractivity contribution in [3.63, 3.8) is 0 Å². The van der Waals surface area contributed by atoms with Crippen molar-refractivity contribution in [1.82, 2.24) is 9.97 Å². The van der Waals surface area contributed by atoms with Crippen LogP contribution in [0.2, 0.25) is 0 Å². The lowest BCUT2D eigenvalue weighted by molar-refractivity contribution is 0.102. The van der Waals surface area contributed by atoms with Crippen molar-refractivity contribution in [2.75, 3.05) is 57.8 Å². The number of rotatable bonds is 7. The lowest BCUT2D eigenvalue weighted by atomic mass is 10.2. The minimum absolute atomic E-state index is 0.323. The molecule has 1 aliphatic heterocycles. The molecule has 168 valence electrons. The van der Waals surface area contributed by atoms with Gasteiger partial charge in [0.1, 0.15) is 16.5 Å². The van der Waals surface area contributed by atoms with Gasteiger partial charge in [0.25, 0.3) is 5.91 Å². The van der Waals surface area contributed by atoms with Crippen LogP contribution in [0.5, 0.6) is 17.2 Å². The Hall–Kier alpha value is -3.37. The maximum atomic E-state index is 12.8. The van der Waals surface area contributed by atoms with E-state index in [9.17, 15) is 4.79 Å². The Morgan fingerprint density at radius 3 is 2.47 bits per heavy atom. The Labute approximate surface area is 189 Å². The Balaban J connectivity index is 1.52. The number of pyridine rings is 1. The third-order valence-electron chi connectivity index (χ3n) is 4.99. The molecule has 0 saturated carbocycles. The number of nitrogens with one attached hydrogen (secondary N) is 1. The van der Waals surface area contributed by atoms with Crippen LogP contribution in [-0.4, -0.2) is 63.5 Å². The van der Waals surface area contributed by atoms with Crippen LogP contribution in [-0.2, 0) is 4.74 Å². The molecule has 1 N–H and O–H groups in total. The van der Waals surface area contributed by atoms with Gasteiger partial charge in [-0.3, -0.25) is 4.79 Å². The number of ether oxygens (including phenoxy) is 4. The molecule has 0 spiro atoms. The monoisotopic (exact) mass is 456 g/mol. The Bertz CT molecular complexity index is 1070. The normalized spacial score (nSPS) is 13.5. The molecule has 1 aromatic carbocycles. The molecular weight excluding hydrogens is 432 g/mol. The van der Waals surface area contributed by atoms with Crippen LogP contribution < -0.4 is 24.4 Å². The maximum absolute atomic E-state index is 12.8. The molecule has 1 saturated heterocycles. The lowest BCUT2D eigenvalue weighted by Crippen LogP contribution is -2.36. The zero-order valence-corrected chi connectivity index (χ0v) is 18.9. The molecule has 4 rings (SSSR count). The summed E-state index contributed by atoms with van der Waals surface area (Å²) in [6.45, 7) is 2.98. The maximum Gasteiger partial charge on any atom is 0.275 e. The van der Waals surface area contributed by atoms with Crippen molar-refractivity contribution in [1.29, 1.82) is 0 Å². The lowest BCUT2D eigenvalue weighted by Gasteiger charge is -2.27. The van der Waals surface area contributed by atoms with Gasteiger partial charge in [0.05, 0.1) is 34.5 Å². The smallest absolute Gasteiger partial charge is 0.275 e.